The fraction of sp³-hybridized carbons (Fsp3) is 0.211. The van der Waals surface area contributed by atoms with Gasteiger partial charge in [-0.15, -0.1) is 0 Å². The maximum atomic E-state index is 12.7. The van der Waals surface area contributed by atoms with Crippen LogP contribution in [0, 0.1) is 6.92 Å². The molecule has 3 rings (SSSR count). The molecule has 0 saturated heterocycles. The van der Waals surface area contributed by atoms with Crippen molar-refractivity contribution < 1.29 is 22.7 Å². The van der Waals surface area contributed by atoms with Crippen LogP contribution in [0.15, 0.2) is 48.5 Å². The van der Waals surface area contributed by atoms with Gasteiger partial charge in [0.2, 0.25) is 0 Å². The highest BCUT2D eigenvalue weighted by Crippen LogP contribution is 2.31. The molecule has 130 valence electrons. The Balaban J connectivity index is 1.78. The van der Waals surface area contributed by atoms with Crippen molar-refractivity contribution in [3.8, 4) is 5.75 Å². The van der Waals surface area contributed by atoms with Crippen LogP contribution in [0.2, 0.25) is 0 Å². The predicted octanol–water partition coefficient (Wildman–Crippen LogP) is 4.86. The van der Waals surface area contributed by atoms with Crippen LogP contribution in [-0.2, 0) is 12.7 Å². The molecule has 0 bridgehead atoms. The van der Waals surface area contributed by atoms with Gasteiger partial charge in [0.25, 0.3) is 0 Å². The van der Waals surface area contributed by atoms with E-state index in [4.69, 9.17) is 4.74 Å². The Morgan fingerprint density at radius 2 is 1.88 bits per heavy atom. The number of aldehydes is 1. The van der Waals surface area contributed by atoms with E-state index < -0.39 is 11.7 Å². The zero-order chi connectivity index (χ0) is 18.0. The number of para-hydroxylation sites is 1. The van der Waals surface area contributed by atoms with Crippen molar-refractivity contribution in [3.05, 3.63) is 65.4 Å². The van der Waals surface area contributed by atoms with E-state index in [9.17, 15) is 18.0 Å². The lowest BCUT2D eigenvalue weighted by Gasteiger charge is -2.12. The minimum Gasteiger partial charge on any atom is -0.492 e. The molecule has 3 aromatic rings. The molecule has 0 aliphatic heterocycles. The molecule has 3 nitrogen and oxygen atoms in total. The van der Waals surface area contributed by atoms with Gasteiger partial charge in [-0.1, -0.05) is 24.3 Å². The van der Waals surface area contributed by atoms with Gasteiger partial charge in [0.15, 0.2) is 6.29 Å². The number of rotatable bonds is 5. The fourth-order valence-corrected chi connectivity index (χ4v) is 2.91. The standard InChI is InChI=1S/C19H16F3NO2/c1-13-17(12-24)16-7-2-3-8-18(16)23(13)9-10-25-15-6-4-5-14(11-15)19(20,21)22/h2-8,11-12H,9-10H2,1H3. The smallest absolute Gasteiger partial charge is 0.416 e. The number of aromatic nitrogens is 1. The molecule has 6 heteroatoms. The normalized spacial score (nSPS) is 11.7. The van der Waals surface area contributed by atoms with Gasteiger partial charge in [-0.05, 0) is 31.2 Å². The summed E-state index contributed by atoms with van der Waals surface area (Å²) in [6.07, 6.45) is -3.58. The Morgan fingerprint density at radius 1 is 1.12 bits per heavy atom. The average molecular weight is 347 g/mol. The number of fused-ring (bicyclic) bond motifs is 1. The van der Waals surface area contributed by atoms with Crippen LogP contribution in [0.25, 0.3) is 10.9 Å². The maximum absolute atomic E-state index is 12.7. The van der Waals surface area contributed by atoms with Gasteiger partial charge in [-0.25, -0.2) is 0 Å². The molecule has 0 atom stereocenters. The number of hydrogen-bond donors (Lipinski definition) is 0. The summed E-state index contributed by atoms with van der Waals surface area (Å²) in [5, 5.41) is 0.856. The van der Waals surface area contributed by atoms with Crippen LogP contribution in [0.4, 0.5) is 13.2 Å². The first kappa shape index (κ1) is 17.1. The van der Waals surface area contributed by atoms with E-state index in [1.165, 1.54) is 12.1 Å². The average Bonchev–Trinajstić information content (AvgIpc) is 2.86. The molecule has 0 radical (unpaired) electrons. The number of halogens is 3. The second kappa shape index (κ2) is 6.63. The molecule has 0 aliphatic carbocycles. The number of hydrogen-bond acceptors (Lipinski definition) is 2. The van der Waals surface area contributed by atoms with Crippen LogP contribution in [0.1, 0.15) is 21.6 Å². The molecule has 0 saturated carbocycles. The van der Waals surface area contributed by atoms with Crippen molar-refractivity contribution in [1.29, 1.82) is 0 Å². The molecule has 2 aromatic carbocycles. The fourth-order valence-electron chi connectivity index (χ4n) is 2.91. The summed E-state index contributed by atoms with van der Waals surface area (Å²) in [7, 11) is 0. The monoisotopic (exact) mass is 347 g/mol. The Bertz CT molecular complexity index is 913. The first-order valence-corrected chi connectivity index (χ1v) is 7.75. The molecule has 0 fully saturated rings. The van der Waals surface area contributed by atoms with Gasteiger partial charge < -0.3 is 9.30 Å². The van der Waals surface area contributed by atoms with Crippen LogP contribution in [-0.4, -0.2) is 17.5 Å². The molecular weight excluding hydrogens is 331 g/mol. The largest absolute Gasteiger partial charge is 0.492 e. The predicted molar refractivity (Wildman–Crippen MR) is 89.0 cm³/mol. The second-order valence-corrected chi connectivity index (χ2v) is 5.66. The molecular formula is C19H16F3NO2. The highest BCUT2D eigenvalue weighted by molar-refractivity contribution is 5.99. The summed E-state index contributed by atoms with van der Waals surface area (Å²) in [6.45, 7) is 2.46. The molecule has 1 aromatic heterocycles. The zero-order valence-corrected chi connectivity index (χ0v) is 13.5. The van der Waals surface area contributed by atoms with Crippen LogP contribution >= 0.6 is 0 Å². The number of benzene rings is 2. The third-order valence-electron chi connectivity index (χ3n) is 4.14. The van der Waals surface area contributed by atoms with Gasteiger partial charge >= 0.3 is 6.18 Å². The zero-order valence-electron chi connectivity index (χ0n) is 13.5. The molecule has 0 N–H and O–H groups in total. The molecule has 0 amide bonds. The van der Waals surface area contributed by atoms with Crippen molar-refractivity contribution in [1.82, 2.24) is 4.57 Å². The minimum absolute atomic E-state index is 0.166. The summed E-state index contributed by atoms with van der Waals surface area (Å²) in [5.74, 6) is 0.166. The maximum Gasteiger partial charge on any atom is 0.416 e. The summed E-state index contributed by atoms with van der Waals surface area (Å²) in [5.41, 5.74) is 1.59. The van der Waals surface area contributed by atoms with E-state index in [1.807, 2.05) is 35.8 Å². The Hall–Kier alpha value is -2.76. The van der Waals surface area contributed by atoms with E-state index in [2.05, 4.69) is 0 Å². The minimum atomic E-state index is -4.40. The van der Waals surface area contributed by atoms with Crippen molar-refractivity contribution in [2.75, 3.05) is 6.61 Å². The SMILES string of the molecule is Cc1c(C=O)c2ccccc2n1CCOc1cccc(C(F)(F)F)c1. The van der Waals surface area contributed by atoms with Gasteiger partial charge in [0, 0.05) is 22.2 Å². The van der Waals surface area contributed by atoms with E-state index in [0.29, 0.717) is 12.1 Å². The quantitative estimate of drug-likeness (QED) is 0.617. The lowest BCUT2D eigenvalue weighted by molar-refractivity contribution is -0.137. The van der Waals surface area contributed by atoms with Crippen LogP contribution in [0.3, 0.4) is 0 Å². The third-order valence-corrected chi connectivity index (χ3v) is 4.14. The molecule has 0 aliphatic rings. The number of ether oxygens (including phenoxy) is 1. The van der Waals surface area contributed by atoms with E-state index in [-0.39, 0.29) is 12.4 Å². The molecule has 0 unspecified atom stereocenters. The molecule has 1 heterocycles. The van der Waals surface area contributed by atoms with Gasteiger partial charge in [-0.2, -0.15) is 13.2 Å². The highest BCUT2D eigenvalue weighted by atomic mass is 19.4. The Labute approximate surface area is 142 Å². The lowest BCUT2D eigenvalue weighted by Crippen LogP contribution is -2.10. The van der Waals surface area contributed by atoms with Crippen molar-refractivity contribution in [2.45, 2.75) is 19.6 Å². The molecule has 25 heavy (non-hydrogen) atoms. The van der Waals surface area contributed by atoms with Crippen LogP contribution in [0.5, 0.6) is 5.75 Å². The number of carbonyl (C=O) groups is 1. The summed E-state index contributed by atoms with van der Waals surface area (Å²) < 4.78 is 45.6. The summed E-state index contributed by atoms with van der Waals surface area (Å²) >= 11 is 0. The van der Waals surface area contributed by atoms with Gasteiger partial charge in [0.1, 0.15) is 12.4 Å². The Kier molecular flexibility index (Phi) is 4.53. The topological polar surface area (TPSA) is 31.2 Å². The molecule has 0 spiro atoms. The van der Waals surface area contributed by atoms with Crippen molar-refractivity contribution in [3.63, 3.8) is 0 Å². The first-order chi connectivity index (χ1) is 11.9. The lowest BCUT2D eigenvalue weighted by atomic mass is 10.1. The van der Waals surface area contributed by atoms with Crippen molar-refractivity contribution >= 4 is 17.2 Å². The second-order valence-electron chi connectivity index (χ2n) is 5.66. The summed E-state index contributed by atoms with van der Waals surface area (Å²) in [4.78, 5) is 11.3. The summed E-state index contributed by atoms with van der Waals surface area (Å²) in [6, 6.07) is 12.3. The van der Waals surface area contributed by atoms with Crippen LogP contribution < -0.4 is 4.74 Å². The van der Waals surface area contributed by atoms with Gasteiger partial charge in [-0.3, -0.25) is 4.79 Å². The number of alkyl halides is 3. The van der Waals surface area contributed by atoms with E-state index in [0.717, 1.165) is 35.0 Å². The van der Waals surface area contributed by atoms with E-state index in [1.54, 1.807) is 0 Å². The number of nitrogens with zero attached hydrogens (tertiary/aromatic N) is 1. The Morgan fingerprint density at radius 3 is 2.60 bits per heavy atom. The van der Waals surface area contributed by atoms with Gasteiger partial charge in [0.05, 0.1) is 12.1 Å². The van der Waals surface area contributed by atoms with Crippen molar-refractivity contribution in [2.24, 2.45) is 0 Å². The van der Waals surface area contributed by atoms with E-state index >= 15 is 0 Å². The first-order valence-electron chi connectivity index (χ1n) is 7.75. The number of carbonyl (C=O) groups excluding carboxylic acids is 1. The highest BCUT2D eigenvalue weighted by Gasteiger charge is 2.30. The third kappa shape index (κ3) is 3.38.